The summed E-state index contributed by atoms with van der Waals surface area (Å²) >= 11 is 0. The first-order valence-electron chi connectivity index (χ1n) is 8.76. The quantitative estimate of drug-likeness (QED) is 0.474. The lowest BCUT2D eigenvalue weighted by atomic mass is 9.98. The topological polar surface area (TPSA) is 61.3 Å². The van der Waals surface area contributed by atoms with E-state index in [1.807, 2.05) is 36.4 Å². The molecular weight excluding hydrogens is 340 g/mol. The Morgan fingerprint density at radius 2 is 1.15 bits per heavy atom. The van der Waals surface area contributed by atoms with Gasteiger partial charge in [-0.3, -0.25) is 0 Å². The van der Waals surface area contributed by atoms with Crippen LogP contribution in [0.2, 0.25) is 0 Å². The van der Waals surface area contributed by atoms with E-state index in [4.69, 9.17) is 13.6 Å². The molecule has 0 fully saturated rings. The Morgan fingerprint density at radius 3 is 1.52 bits per heavy atom. The number of benzene rings is 2. The molecule has 5 heteroatoms. The Labute approximate surface area is 157 Å². The van der Waals surface area contributed by atoms with Crippen LogP contribution in [0, 0.1) is 13.8 Å². The molecule has 0 bridgehead atoms. The summed E-state index contributed by atoms with van der Waals surface area (Å²) in [4.78, 5) is 8.70. The standard InChI is InChI=1S/C22H20N2O3/c1-15-7-3-5-9-17(15)21(19-11-25-13-23-19)27-22(20-12-26-14-24-20)18-10-6-4-8-16(18)2/h3-14,21-22H,1-2H3. The van der Waals surface area contributed by atoms with Gasteiger partial charge in [0.1, 0.15) is 36.1 Å². The summed E-state index contributed by atoms with van der Waals surface area (Å²) in [6.45, 7) is 4.12. The normalized spacial score (nSPS) is 13.4. The Balaban J connectivity index is 1.80. The van der Waals surface area contributed by atoms with Gasteiger partial charge < -0.3 is 13.6 Å². The van der Waals surface area contributed by atoms with Gasteiger partial charge in [0.15, 0.2) is 12.8 Å². The number of aryl methyl sites for hydroxylation is 2. The van der Waals surface area contributed by atoms with E-state index in [1.165, 1.54) is 12.8 Å². The first-order valence-corrected chi connectivity index (χ1v) is 8.76. The van der Waals surface area contributed by atoms with Gasteiger partial charge in [-0.05, 0) is 36.1 Å². The zero-order valence-corrected chi connectivity index (χ0v) is 15.2. The third-order valence-electron chi connectivity index (χ3n) is 4.65. The van der Waals surface area contributed by atoms with E-state index in [9.17, 15) is 0 Å². The van der Waals surface area contributed by atoms with Gasteiger partial charge in [-0.25, -0.2) is 9.97 Å². The highest BCUT2D eigenvalue weighted by atomic mass is 16.5. The average molecular weight is 360 g/mol. The number of rotatable bonds is 6. The molecule has 2 unspecified atom stereocenters. The molecule has 4 aromatic rings. The van der Waals surface area contributed by atoms with Crippen LogP contribution in [0.5, 0.6) is 0 Å². The van der Waals surface area contributed by atoms with E-state index >= 15 is 0 Å². The SMILES string of the molecule is Cc1ccccc1C(OC(c1cocn1)c1ccccc1C)c1cocn1. The van der Waals surface area contributed by atoms with E-state index in [2.05, 4.69) is 35.9 Å². The van der Waals surface area contributed by atoms with Crippen molar-refractivity contribution in [1.82, 2.24) is 9.97 Å². The highest BCUT2D eigenvalue weighted by Crippen LogP contribution is 2.36. The third kappa shape index (κ3) is 3.55. The molecule has 0 saturated heterocycles. The largest absolute Gasteiger partial charge is 0.451 e. The van der Waals surface area contributed by atoms with Gasteiger partial charge in [0.2, 0.25) is 0 Å². The predicted molar refractivity (Wildman–Crippen MR) is 100 cm³/mol. The van der Waals surface area contributed by atoms with Crippen LogP contribution < -0.4 is 0 Å². The molecule has 0 aliphatic heterocycles. The second kappa shape index (κ2) is 7.60. The number of hydrogen-bond donors (Lipinski definition) is 0. The van der Waals surface area contributed by atoms with Gasteiger partial charge in [-0.1, -0.05) is 48.5 Å². The first-order chi connectivity index (χ1) is 13.2. The van der Waals surface area contributed by atoms with Crippen molar-refractivity contribution in [3.63, 3.8) is 0 Å². The van der Waals surface area contributed by atoms with E-state index in [0.717, 1.165) is 22.3 Å². The van der Waals surface area contributed by atoms with Gasteiger partial charge in [0.25, 0.3) is 0 Å². The van der Waals surface area contributed by atoms with Crippen molar-refractivity contribution in [3.8, 4) is 0 Å². The minimum atomic E-state index is -0.397. The second-order valence-corrected chi connectivity index (χ2v) is 6.44. The maximum atomic E-state index is 6.63. The highest BCUT2D eigenvalue weighted by molar-refractivity contribution is 5.35. The fraction of sp³-hybridized carbons (Fsp3) is 0.182. The minimum absolute atomic E-state index is 0.397. The van der Waals surface area contributed by atoms with E-state index < -0.39 is 12.2 Å². The van der Waals surface area contributed by atoms with Crippen molar-refractivity contribution in [1.29, 1.82) is 0 Å². The van der Waals surface area contributed by atoms with Crippen LogP contribution in [-0.4, -0.2) is 9.97 Å². The van der Waals surface area contributed by atoms with Crippen molar-refractivity contribution >= 4 is 0 Å². The van der Waals surface area contributed by atoms with Crippen molar-refractivity contribution in [2.45, 2.75) is 26.1 Å². The van der Waals surface area contributed by atoms with Gasteiger partial charge in [-0.2, -0.15) is 0 Å². The smallest absolute Gasteiger partial charge is 0.180 e. The molecule has 0 aliphatic carbocycles. The molecule has 0 saturated carbocycles. The Bertz CT molecular complexity index is 912. The lowest BCUT2D eigenvalue weighted by Crippen LogP contribution is -2.15. The van der Waals surface area contributed by atoms with Crippen LogP contribution in [-0.2, 0) is 4.74 Å². The zero-order chi connectivity index (χ0) is 18.6. The van der Waals surface area contributed by atoms with Crippen LogP contribution >= 0.6 is 0 Å². The van der Waals surface area contributed by atoms with Gasteiger partial charge in [-0.15, -0.1) is 0 Å². The molecule has 27 heavy (non-hydrogen) atoms. The van der Waals surface area contributed by atoms with Gasteiger partial charge in [0.05, 0.1) is 0 Å². The molecule has 136 valence electrons. The van der Waals surface area contributed by atoms with Gasteiger partial charge in [0, 0.05) is 0 Å². The zero-order valence-electron chi connectivity index (χ0n) is 15.2. The molecule has 2 aromatic heterocycles. The minimum Gasteiger partial charge on any atom is -0.451 e. The summed E-state index contributed by atoms with van der Waals surface area (Å²) in [5.41, 5.74) is 5.74. The molecule has 5 nitrogen and oxygen atoms in total. The van der Waals surface area contributed by atoms with Crippen molar-refractivity contribution in [3.05, 3.63) is 107 Å². The lowest BCUT2D eigenvalue weighted by Gasteiger charge is -2.25. The fourth-order valence-electron chi connectivity index (χ4n) is 3.21. The number of aromatic nitrogens is 2. The Morgan fingerprint density at radius 1 is 0.704 bits per heavy atom. The van der Waals surface area contributed by atoms with Crippen LogP contribution in [0.4, 0.5) is 0 Å². The summed E-state index contributed by atoms with van der Waals surface area (Å²) < 4.78 is 17.1. The van der Waals surface area contributed by atoms with Crippen molar-refractivity contribution < 1.29 is 13.6 Å². The third-order valence-corrected chi connectivity index (χ3v) is 4.65. The number of oxazole rings is 2. The van der Waals surface area contributed by atoms with Crippen LogP contribution in [0.3, 0.4) is 0 Å². The van der Waals surface area contributed by atoms with Gasteiger partial charge >= 0.3 is 0 Å². The van der Waals surface area contributed by atoms with E-state index in [-0.39, 0.29) is 0 Å². The summed E-state index contributed by atoms with van der Waals surface area (Å²) in [6.07, 6.45) is 5.28. The molecule has 2 atom stereocenters. The monoisotopic (exact) mass is 360 g/mol. The molecule has 2 aromatic carbocycles. The van der Waals surface area contributed by atoms with E-state index in [1.54, 1.807) is 12.5 Å². The fourth-order valence-corrected chi connectivity index (χ4v) is 3.21. The molecule has 2 heterocycles. The molecule has 0 spiro atoms. The maximum Gasteiger partial charge on any atom is 0.180 e. The first kappa shape index (κ1) is 17.2. The number of hydrogen-bond acceptors (Lipinski definition) is 5. The maximum absolute atomic E-state index is 6.63. The average Bonchev–Trinajstić information content (AvgIpc) is 3.38. The number of nitrogens with zero attached hydrogens (tertiary/aromatic N) is 2. The molecular formula is C22H20N2O3. The Hall–Kier alpha value is -3.18. The summed E-state index contributed by atoms with van der Waals surface area (Å²) in [6, 6.07) is 16.2. The van der Waals surface area contributed by atoms with Crippen molar-refractivity contribution in [2.75, 3.05) is 0 Å². The molecule has 0 N–H and O–H groups in total. The lowest BCUT2D eigenvalue weighted by molar-refractivity contribution is 0.0254. The number of ether oxygens (including phenoxy) is 1. The second-order valence-electron chi connectivity index (χ2n) is 6.44. The molecule has 0 aliphatic rings. The molecule has 4 rings (SSSR count). The predicted octanol–water partition coefficient (Wildman–Crippen LogP) is 5.18. The summed E-state index contributed by atoms with van der Waals surface area (Å²) in [5, 5.41) is 0. The summed E-state index contributed by atoms with van der Waals surface area (Å²) in [5.74, 6) is 0. The Kier molecular flexibility index (Phi) is 4.85. The van der Waals surface area contributed by atoms with E-state index in [0.29, 0.717) is 11.4 Å². The van der Waals surface area contributed by atoms with Crippen LogP contribution in [0.1, 0.15) is 45.8 Å². The molecule has 0 radical (unpaired) electrons. The van der Waals surface area contributed by atoms with Crippen LogP contribution in [0.25, 0.3) is 0 Å². The highest BCUT2D eigenvalue weighted by Gasteiger charge is 2.28. The molecule has 0 amide bonds. The van der Waals surface area contributed by atoms with Crippen molar-refractivity contribution in [2.24, 2.45) is 0 Å². The summed E-state index contributed by atoms with van der Waals surface area (Å²) in [7, 11) is 0. The van der Waals surface area contributed by atoms with Crippen LogP contribution in [0.15, 0.2) is 82.7 Å².